The Bertz CT molecular complexity index is 1990. The second-order valence-corrected chi connectivity index (χ2v) is 34.3. The Morgan fingerprint density at radius 1 is 0.282 bits per heavy atom. The number of rotatable bonds is 82. The maximum atomic E-state index is 13.1. The number of carbonyl (C=O) groups excluding carboxylic acids is 4. The molecule has 0 aliphatic rings. The molecule has 0 rings (SSSR count). The van der Waals surface area contributed by atoms with Crippen LogP contribution in [0.5, 0.6) is 0 Å². The summed E-state index contributed by atoms with van der Waals surface area (Å²) in [6.45, 7) is 12.0. The van der Waals surface area contributed by atoms with Gasteiger partial charge in [0, 0.05) is 25.7 Å². The van der Waals surface area contributed by atoms with E-state index in [1.54, 1.807) is 0 Å². The second kappa shape index (κ2) is 74.2. The maximum Gasteiger partial charge on any atom is 0.472 e. The number of aliphatic hydroxyl groups is 1. The van der Waals surface area contributed by atoms with Gasteiger partial charge in [-0.3, -0.25) is 37.3 Å². The van der Waals surface area contributed by atoms with Crippen LogP contribution in [0.2, 0.25) is 0 Å². The summed E-state index contributed by atoms with van der Waals surface area (Å²) in [5.41, 5.74) is 0. The first-order chi connectivity index (χ1) is 49.8. The van der Waals surface area contributed by atoms with Gasteiger partial charge in [0.2, 0.25) is 0 Å². The van der Waals surface area contributed by atoms with Crippen molar-refractivity contribution in [1.82, 2.24) is 0 Å². The molecule has 0 aromatic carbocycles. The Morgan fingerprint density at radius 2 is 0.495 bits per heavy atom. The lowest BCUT2D eigenvalue weighted by atomic mass is 9.99. The van der Waals surface area contributed by atoms with Crippen LogP contribution in [0.3, 0.4) is 0 Å². The Hall–Kier alpha value is -1.94. The maximum absolute atomic E-state index is 13.1. The average molecular weight is 1510 g/mol. The summed E-state index contributed by atoms with van der Waals surface area (Å²) >= 11 is 0. The van der Waals surface area contributed by atoms with Gasteiger partial charge in [-0.05, 0) is 43.4 Å². The lowest BCUT2D eigenvalue weighted by Crippen LogP contribution is -2.30. The predicted molar refractivity (Wildman–Crippen MR) is 423 cm³/mol. The number of carbonyl (C=O) groups is 4. The molecule has 0 saturated carbocycles. The largest absolute Gasteiger partial charge is 0.472 e. The van der Waals surface area contributed by atoms with Crippen LogP contribution in [-0.4, -0.2) is 96.7 Å². The van der Waals surface area contributed by atoms with Gasteiger partial charge in [0.05, 0.1) is 26.4 Å². The molecule has 0 spiro atoms. The molecule has 0 heterocycles. The van der Waals surface area contributed by atoms with Crippen LogP contribution in [0.1, 0.15) is 440 Å². The van der Waals surface area contributed by atoms with Crippen molar-refractivity contribution in [2.45, 2.75) is 458 Å². The van der Waals surface area contributed by atoms with E-state index in [0.717, 1.165) is 108 Å². The van der Waals surface area contributed by atoms with E-state index in [4.69, 9.17) is 37.0 Å². The predicted octanol–water partition coefficient (Wildman–Crippen LogP) is 25.3. The average Bonchev–Trinajstić information content (AvgIpc) is 0.925. The van der Waals surface area contributed by atoms with Gasteiger partial charge in [-0.15, -0.1) is 0 Å². The quantitative estimate of drug-likeness (QED) is 0.0222. The summed E-state index contributed by atoms with van der Waals surface area (Å²) in [7, 11) is -9.92. The summed E-state index contributed by atoms with van der Waals surface area (Å²) in [6.07, 6.45) is 63.9. The van der Waals surface area contributed by atoms with Crippen LogP contribution in [0, 0.1) is 17.8 Å². The number of ether oxygens (including phenoxy) is 4. The third kappa shape index (κ3) is 76.6. The zero-order chi connectivity index (χ0) is 75.8. The second-order valence-electron chi connectivity index (χ2n) is 31.4. The van der Waals surface area contributed by atoms with Gasteiger partial charge >= 0.3 is 39.5 Å². The third-order valence-corrected chi connectivity index (χ3v) is 21.9. The molecule has 6 atom stereocenters. The number of hydrogen-bond acceptors (Lipinski definition) is 15. The van der Waals surface area contributed by atoms with Crippen molar-refractivity contribution in [1.29, 1.82) is 0 Å². The number of phosphoric acid groups is 2. The van der Waals surface area contributed by atoms with Crippen LogP contribution in [0.4, 0.5) is 0 Å². The molecule has 0 aliphatic carbocycles. The molecule has 0 aromatic rings. The molecule has 19 heteroatoms. The Morgan fingerprint density at radius 3 is 0.738 bits per heavy atom. The van der Waals surface area contributed by atoms with Gasteiger partial charge in [-0.1, -0.05) is 389 Å². The molecule has 0 aromatic heterocycles. The molecule has 0 aliphatic heterocycles. The fourth-order valence-corrected chi connectivity index (χ4v) is 14.6. The van der Waals surface area contributed by atoms with Gasteiger partial charge in [0.15, 0.2) is 12.2 Å². The highest BCUT2D eigenvalue weighted by atomic mass is 31.2. The minimum atomic E-state index is -4.96. The zero-order valence-electron chi connectivity index (χ0n) is 67.8. The van der Waals surface area contributed by atoms with Crippen LogP contribution in [0.25, 0.3) is 0 Å². The van der Waals surface area contributed by atoms with Crippen molar-refractivity contribution in [2.24, 2.45) is 17.8 Å². The van der Waals surface area contributed by atoms with E-state index >= 15 is 0 Å². The topological polar surface area (TPSA) is 237 Å². The molecule has 0 saturated heterocycles. The standard InChI is InChI=1S/C84H164O17P2/c1-8-10-11-12-13-14-37-44-51-58-65-81(86)94-71-80(101-84(89)68-61-54-47-40-33-35-42-49-56-63-76(5)6)74-99-103(92,93)97-70-78(85)69-96-102(90,91)98-73-79(72-95-82(87)66-59-52-45-38-31-27-23-20-19-21-25-29-34-41-48-55-62-75(3)4)100-83(88)67-60-53-46-39-32-28-24-18-16-15-17-22-26-30-36-43-50-57-64-77(7)9-2/h75-80,85H,8-74H2,1-7H3,(H,90,91)(H,92,93)/t77?,78-,79-,80-/m1/s1. The van der Waals surface area contributed by atoms with Gasteiger partial charge < -0.3 is 33.8 Å². The van der Waals surface area contributed by atoms with Crippen LogP contribution in [0.15, 0.2) is 0 Å². The highest BCUT2D eigenvalue weighted by Crippen LogP contribution is 2.45. The smallest absolute Gasteiger partial charge is 0.462 e. The van der Waals surface area contributed by atoms with Gasteiger partial charge in [-0.25, -0.2) is 9.13 Å². The lowest BCUT2D eigenvalue weighted by Gasteiger charge is -2.21. The molecule has 0 fully saturated rings. The fraction of sp³-hybridized carbons (Fsp3) is 0.952. The van der Waals surface area contributed by atoms with E-state index in [2.05, 4.69) is 48.5 Å². The molecule has 0 radical (unpaired) electrons. The van der Waals surface area contributed by atoms with E-state index in [9.17, 15) is 43.2 Å². The number of phosphoric ester groups is 2. The van der Waals surface area contributed by atoms with Crippen molar-refractivity contribution >= 4 is 39.5 Å². The summed E-state index contributed by atoms with van der Waals surface area (Å²) < 4.78 is 68.8. The van der Waals surface area contributed by atoms with Crippen molar-refractivity contribution in [3.8, 4) is 0 Å². The normalized spacial score (nSPS) is 14.2. The van der Waals surface area contributed by atoms with E-state index in [-0.39, 0.29) is 25.7 Å². The zero-order valence-corrected chi connectivity index (χ0v) is 69.6. The first-order valence-electron chi connectivity index (χ1n) is 43.4. The molecule has 17 nitrogen and oxygen atoms in total. The molecule has 0 bridgehead atoms. The van der Waals surface area contributed by atoms with Gasteiger partial charge in [-0.2, -0.15) is 0 Å². The molecule has 3 unspecified atom stereocenters. The van der Waals surface area contributed by atoms with Crippen molar-refractivity contribution < 1.29 is 80.2 Å². The fourth-order valence-electron chi connectivity index (χ4n) is 13.0. The van der Waals surface area contributed by atoms with E-state index in [1.807, 2.05) is 0 Å². The van der Waals surface area contributed by atoms with E-state index < -0.39 is 97.5 Å². The SMILES string of the molecule is CCCCCCCCCCCCC(=O)OC[C@H](COP(=O)(O)OC[C@H](O)COP(=O)(O)OC[C@@H](COC(=O)CCCCCCCCCCCCCCCCCCC(C)C)OC(=O)CCCCCCCCCCCCCCCCCCCCC(C)CC)OC(=O)CCCCCCCCCCCC(C)C. The van der Waals surface area contributed by atoms with Crippen molar-refractivity contribution in [2.75, 3.05) is 39.6 Å². The Labute approximate surface area is 632 Å². The summed E-state index contributed by atoms with van der Waals surface area (Å²) in [4.78, 5) is 73.1. The van der Waals surface area contributed by atoms with Crippen molar-refractivity contribution in [3.05, 3.63) is 0 Å². The van der Waals surface area contributed by atoms with E-state index in [1.165, 1.54) is 250 Å². The van der Waals surface area contributed by atoms with Crippen molar-refractivity contribution in [3.63, 3.8) is 0 Å². The monoisotopic (exact) mass is 1510 g/mol. The number of esters is 4. The molecular formula is C84H164O17P2. The molecule has 0 amide bonds. The lowest BCUT2D eigenvalue weighted by molar-refractivity contribution is -0.161. The molecule has 103 heavy (non-hydrogen) atoms. The van der Waals surface area contributed by atoms with E-state index in [0.29, 0.717) is 25.7 Å². The van der Waals surface area contributed by atoms with Gasteiger partial charge in [0.25, 0.3) is 0 Å². The number of aliphatic hydroxyl groups excluding tert-OH is 1. The molecular weight excluding hydrogens is 1340 g/mol. The summed E-state index contributed by atoms with van der Waals surface area (Å²) in [5.74, 6) is 0.312. The number of unbranched alkanes of at least 4 members (excludes halogenated alkanes) is 49. The molecule has 612 valence electrons. The van der Waals surface area contributed by atoms with Gasteiger partial charge in [0.1, 0.15) is 19.3 Å². The van der Waals surface area contributed by atoms with Crippen LogP contribution < -0.4 is 0 Å². The van der Waals surface area contributed by atoms with Crippen LogP contribution in [-0.2, 0) is 65.4 Å². The Kier molecular flexibility index (Phi) is 72.8. The number of hydrogen-bond donors (Lipinski definition) is 3. The highest BCUT2D eigenvalue weighted by Gasteiger charge is 2.30. The first-order valence-corrected chi connectivity index (χ1v) is 46.4. The first kappa shape index (κ1) is 101. The minimum Gasteiger partial charge on any atom is -0.462 e. The highest BCUT2D eigenvalue weighted by molar-refractivity contribution is 7.47. The minimum absolute atomic E-state index is 0.106. The third-order valence-electron chi connectivity index (χ3n) is 20.0. The summed E-state index contributed by atoms with van der Waals surface area (Å²) in [6, 6.07) is 0. The molecule has 3 N–H and O–H groups in total. The van der Waals surface area contributed by atoms with Crippen LogP contribution >= 0.6 is 15.6 Å². The Balaban J connectivity index is 5.21. The summed E-state index contributed by atoms with van der Waals surface area (Å²) in [5, 5.41) is 10.7.